The van der Waals surface area contributed by atoms with Crippen LogP contribution in [0.2, 0.25) is 0 Å². The molecule has 2 aliphatic heterocycles. The molecule has 0 unspecified atom stereocenters. The number of amides is 3. The lowest BCUT2D eigenvalue weighted by Crippen LogP contribution is -2.58. The second kappa shape index (κ2) is 10.8. The molecule has 0 bridgehead atoms. The Kier molecular flexibility index (Phi) is 8.05. The van der Waals surface area contributed by atoms with Crippen molar-refractivity contribution in [2.75, 3.05) is 24.7 Å². The Morgan fingerprint density at radius 3 is 2.51 bits per heavy atom. The van der Waals surface area contributed by atoms with Crippen LogP contribution in [0.3, 0.4) is 0 Å². The standard InChI is InChI=1S/C28H39N5O5S/c1-7-17(2)25(34)31-24(28(3,4)5)27(36)32-15-13-22-23(32)19(16-33(22)39(6,37)38)26(35)30-21-12-8-11-20-18(21)10-9-14-29-20/h8-12,14,17,19,22-24H,7,13,15-16H2,1-6H3,(H,30,35)(H,31,34)/t17-,19+,22-,23-,24-/m1/s1. The van der Waals surface area contributed by atoms with Gasteiger partial charge in [0.05, 0.1) is 29.4 Å². The average molecular weight is 558 g/mol. The quantitative estimate of drug-likeness (QED) is 0.539. The van der Waals surface area contributed by atoms with Crippen LogP contribution in [0.4, 0.5) is 5.69 Å². The minimum Gasteiger partial charge on any atom is -0.344 e. The number of nitrogens with one attached hydrogen (secondary N) is 2. The van der Waals surface area contributed by atoms with E-state index >= 15 is 0 Å². The summed E-state index contributed by atoms with van der Waals surface area (Å²) in [7, 11) is -3.63. The summed E-state index contributed by atoms with van der Waals surface area (Å²) in [6.07, 6.45) is 3.87. The summed E-state index contributed by atoms with van der Waals surface area (Å²) in [5.74, 6) is -1.90. The lowest BCUT2D eigenvalue weighted by atomic mass is 9.84. The summed E-state index contributed by atoms with van der Waals surface area (Å²) < 4.78 is 26.8. The molecule has 2 aromatic rings. The van der Waals surface area contributed by atoms with E-state index in [0.717, 1.165) is 17.2 Å². The first-order valence-electron chi connectivity index (χ1n) is 13.5. The van der Waals surface area contributed by atoms with Crippen LogP contribution in [-0.2, 0) is 24.4 Å². The first-order chi connectivity index (χ1) is 18.2. The Hall–Kier alpha value is -3.05. The SMILES string of the molecule is CC[C@@H](C)C(=O)N[C@H](C(=O)N1CC[C@@H]2[C@H]1[C@@H](C(=O)Nc1cccc3ncccc13)CN2S(C)(=O)=O)C(C)(C)C. The van der Waals surface area contributed by atoms with Crippen LogP contribution in [-0.4, -0.2) is 77.8 Å². The third-order valence-corrected chi connectivity index (χ3v) is 9.26. The van der Waals surface area contributed by atoms with Gasteiger partial charge in [0.1, 0.15) is 6.04 Å². The van der Waals surface area contributed by atoms with E-state index in [2.05, 4.69) is 15.6 Å². The van der Waals surface area contributed by atoms with E-state index in [1.165, 1.54) is 4.31 Å². The summed E-state index contributed by atoms with van der Waals surface area (Å²) in [4.78, 5) is 46.6. The Labute approximate surface area is 230 Å². The number of nitrogens with zero attached hydrogens (tertiary/aromatic N) is 3. The monoisotopic (exact) mass is 557 g/mol. The van der Waals surface area contributed by atoms with E-state index in [9.17, 15) is 22.8 Å². The first kappa shape index (κ1) is 28.9. The molecule has 3 amide bonds. The van der Waals surface area contributed by atoms with Crippen LogP contribution in [0.25, 0.3) is 10.9 Å². The van der Waals surface area contributed by atoms with Gasteiger partial charge in [0.15, 0.2) is 0 Å². The minimum atomic E-state index is -3.63. The summed E-state index contributed by atoms with van der Waals surface area (Å²) in [6, 6.07) is 7.08. The van der Waals surface area contributed by atoms with Gasteiger partial charge < -0.3 is 15.5 Å². The second-order valence-electron chi connectivity index (χ2n) is 11.8. The molecule has 2 fully saturated rings. The van der Waals surface area contributed by atoms with Crippen LogP contribution in [0.1, 0.15) is 47.5 Å². The molecule has 11 heteroatoms. The topological polar surface area (TPSA) is 129 Å². The Bertz CT molecular complexity index is 1370. The van der Waals surface area contributed by atoms with Crippen molar-refractivity contribution in [1.29, 1.82) is 0 Å². The van der Waals surface area contributed by atoms with Gasteiger partial charge in [-0.3, -0.25) is 19.4 Å². The molecule has 10 nitrogen and oxygen atoms in total. The van der Waals surface area contributed by atoms with Crippen LogP contribution in [0, 0.1) is 17.3 Å². The predicted octanol–water partition coefficient (Wildman–Crippen LogP) is 2.61. The van der Waals surface area contributed by atoms with Gasteiger partial charge in [-0.15, -0.1) is 0 Å². The number of fused-ring (bicyclic) bond motifs is 2. The van der Waals surface area contributed by atoms with Crippen LogP contribution >= 0.6 is 0 Å². The highest BCUT2D eigenvalue weighted by molar-refractivity contribution is 7.88. The lowest BCUT2D eigenvalue weighted by molar-refractivity contribution is -0.142. The number of hydrogen-bond acceptors (Lipinski definition) is 6. The minimum absolute atomic E-state index is 0.0216. The van der Waals surface area contributed by atoms with Gasteiger partial charge in [0.25, 0.3) is 0 Å². The second-order valence-corrected chi connectivity index (χ2v) is 13.7. The molecule has 0 saturated carbocycles. The Morgan fingerprint density at radius 1 is 1.15 bits per heavy atom. The van der Waals surface area contributed by atoms with Crippen molar-refractivity contribution >= 4 is 44.3 Å². The summed E-state index contributed by atoms with van der Waals surface area (Å²) in [5.41, 5.74) is 0.700. The van der Waals surface area contributed by atoms with Crippen molar-refractivity contribution in [3.05, 3.63) is 36.5 Å². The van der Waals surface area contributed by atoms with E-state index in [1.807, 2.05) is 46.8 Å². The maximum absolute atomic E-state index is 14.0. The average Bonchev–Trinajstić information content (AvgIpc) is 3.46. The number of anilines is 1. The lowest BCUT2D eigenvalue weighted by Gasteiger charge is -2.37. The summed E-state index contributed by atoms with van der Waals surface area (Å²) in [6.45, 7) is 9.66. The highest BCUT2D eigenvalue weighted by Crippen LogP contribution is 2.39. The zero-order chi connectivity index (χ0) is 28.7. The summed E-state index contributed by atoms with van der Waals surface area (Å²) >= 11 is 0. The van der Waals surface area contributed by atoms with E-state index in [0.29, 0.717) is 25.1 Å². The van der Waals surface area contributed by atoms with Gasteiger partial charge in [0.2, 0.25) is 27.7 Å². The Morgan fingerprint density at radius 2 is 1.87 bits per heavy atom. The van der Waals surface area contributed by atoms with E-state index in [4.69, 9.17) is 0 Å². The molecule has 5 atom stereocenters. The molecule has 0 radical (unpaired) electrons. The number of carbonyl (C=O) groups excluding carboxylic acids is 3. The number of pyridine rings is 1. The van der Waals surface area contributed by atoms with E-state index in [-0.39, 0.29) is 30.2 Å². The largest absolute Gasteiger partial charge is 0.344 e. The van der Waals surface area contributed by atoms with Gasteiger partial charge in [-0.25, -0.2) is 8.42 Å². The molecule has 0 spiro atoms. The van der Waals surface area contributed by atoms with Crippen LogP contribution in [0.5, 0.6) is 0 Å². The molecule has 39 heavy (non-hydrogen) atoms. The van der Waals surface area contributed by atoms with E-state index < -0.39 is 39.5 Å². The summed E-state index contributed by atoms with van der Waals surface area (Å²) in [5, 5.41) is 6.68. The van der Waals surface area contributed by atoms with Gasteiger partial charge in [-0.2, -0.15) is 4.31 Å². The normalized spacial score (nSPS) is 23.3. The zero-order valence-electron chi connectivity index (χ0n) is 23.5. The number of aromatic nitrogens is 1. The molecule has 212 valence electrons. The molecule has 1 aromatic carbocycles. The molecule has 4 rings (SSSR count). The maximum Gasteiger partial charge on any atom is 0.246 e. The molecular formula is C28H39N5O5S. The number of hydrogen-bond donors (Lipinski definition) is 2. The fourth-order valence-corrected chi connectivity index (χ4v) is 6.79. The van der Waals surface area contributed by atoms with Gasteiger partial charge >= 0.3 is 0 Å². The van der Waals surface area contributed by atoms with Crippen molar-refractivity contribution in [1.82, 2.24) is 19.5 Å². The third kappa shape index (κ3) is 5.79. The number of carbonyl (C=O) groups is 3. The fourth-order valence-electron chi connectivity index (χ4n) is 5.63. The Balaban J connectivity index is 1.66. The molecule has 3 heterocycles. The van der Waals surface area contributed by atoms with Gasteiger partial charge in [-0.1, -0.05) is 40.7 Å². The molecule has 0 aliphatic carbocycles. The molecule has 1 aromatic heterocycles. The number of rotatable bonds is 7. The van der Waals surface area contributed by atoms with Gasteiger partial charge in [-0.05, 0) is 42.5 Å². The van der Waals surface area contributed by atoms with Crippen molar-refractivity contribution in [2.24, 2.45) is 17.3 Å². The predicted molar refractivity (Wildman–Crippen MR) is 150 cm³/mol. The van der Waals surface area contributed by atoms with Crippen molar-refractivity contribution in [2.45, 2.75) is 65.6 Å². The van der Waals surface area contributed by atoms with Crippen LogP contribution in [0.15, 0.2) is 36.5 Å². The number of likely N-dealkylation sites (tertiary alicyclic amines) is 1. The molecule has 2 saturated heterocycles. The van der Waals surface area contributed by atoms with Crippen LogP contribution < -0.4 is 10.6 Å². The number of benzene rings is 1. The fraction of sp³-hybridized carbons (Fsp3) is 0.571. The highest BCUT2D eigenvalue weighted by Gasteiger charge is 2.56. The van der Waals surface area contributed by atoms with Crippen molar-refractivity contribution in [3.8, 4) is 0 Å². The van der Waals surface area contributed by atoms with Gasteiger partial charge in [0, 0.05) is 36.6 Å². The zero-order valence-corrected chi connectivity index (χ0v) is 24.3. The third-order valence-electron chi connectivity index (χ3n) is 7.99. The van der Waals surface area contributed by atoms with Crippen molar-refractivity contribution in [3.63, 3.8) is 0 Å². The smallest absolute Gasteiger partial charge is 0.246 e. The maximum atomic E-state index is 14.0. The molecular weight excluding hydrogens is 518 g/mol. The molecule has 2 N–H and O–H groups in total. The number of sulfonamides is 1. The van der Waals surface area contributed by atoms with E-state index in [1.54, 1.807) is 29.3 Å². The highest BCUT2D eigenvalue weighted by atomic mass is 32.2. The first-order valence-corrected chi connectivity index (χ1v) is 15.3. The van der Waals surface area contributed by atoms with Crippen molar-refractivity contribution < 1.29 is 22.8 Å². The molecule has 2 aliphatic rings.